The highest BCUT2D eigenvalue weighted by Crippen LogP contribution is 2.31. The zero-order chi connectivity index (χ0) is 20.2. The van der Waals surface area contributed by atoms with E-state index in [-0.39, 0.29) is 12.5 Å². The van der Waals surface area contributed by atoms with Crippen molar-refractivity contribution in [2.24, 2.45) is 0 Å². The number of amides is 1. The molecule has 0 bridgehead atoms. The van der Waals surface area contributed by atoms with Gasteiger partial charge in [-0.1, -0.05) is 26.0 Å². The summed E-state index contributed by atoms with van der Waals surface area (Å²) in [5, 5.41) is 1.12. The number of ether oxygens (including phenoxy) is 1. The molecule has 1 amide bonds. The highest BCUT2D eigenvalue weighted by Gasteiger charge is 2.24. The van der Waals surface area contributed by atoms with Gasteiger partial charge in [-0.2, -0.15) is 0 Å². The molecule has 152 valence electrons. The molecule has 1 aromatic carbocycles. The molecule has 0 atom stereocenters. The van der Waals surface area contributed by atoms with Crippen molar-refractivity contribution in [3.05, 3.63) is 47.1 Å². The van der Waals surface area contributed by atoms with Crippen molar-refractivity contribution in [2.75, 3.05) is 37.7 Å². The number of carbonyl (C=O) groups excluding carboxylic acids is 1. The monoisotopic (exact) mass is 410 g/mol. The lowest BCUT2D eigenvalue weighted by Crippen LogP contribution is -2.50. The molecule has 29 heavy (non-hydrogen) atoms. The number of nitrogens with zero attached hydrogens (tertiary/aromatic N) is 4. The number of anilines is 1. The zero-order valence-corrected chi connectivity index (χ0v) is 17.7. The number of rotatable bonds is 6. The van der Waals surface area contributed by atoms with E-state index >= 15 is 0 Å². The fourth-order valence-electron chi connectivity index (χ4n) is 3.58. The topological polar surface area (TPSA) is 58.6 Å². The van der Waals surface area contributed by atoms with Crippen LogP contribution in [0.5, 0.6) is 5.75 Å². The Balaban J connectivity index is 1.35. The summed E-state index contributed by atoms with van der Waals surface area (Å²) in [6.45, 7) is 7.22. The van der Waals surface area contributed by atoms with Gasteiger partial charge >= 0.3 is 0 Å². The molecule has 3 aromatic rings. The first-order valence-electron chi connectivity index (χ1n) is 10.2. The first-order valence-corrected chi connectivity index (χ1v) is 11.0. The number of aryl methyl sites for hydroxylation is 2. The predicted octanol–water partition coefficient (Wildman–Crippen LogP) is 3.54. The van der Waals surface area contributed by atoms with Crippen LogP contribution in [-0.4, -0.2) is 53.6 Å². The summed E-state index contributed by atoms with van der Waals surface area (Å²) < 4.78 is 5.72. The third kappa shape index (κ3) is 4.34. The lowest BCUT2D eigenvalue weighted by molar-refractivity contribution is -0.133. The van der Waals surface area contributed by atoms with Crippen LogP contribution >= 0.6 is 11.3 Å². The van der Waals surface area contributed by atoms with Gasteiger partial charge in [0.15, 0.2) is 6.61 Å². The molecular formula is C22H26N4O2S. The van der Waals surface area contributed by atoms with Crippen LogP contribution in [0.3, 0.4) is 0 Å². The normalized spacial score (nSPS) is 14.4. The number of thiophene rings is 1. The summed E-state index contributed by atoms with van der Waals surface area (Å²) in [6, 6.07) is 10.1. The average molecular weight is 411 g/mol. The maximum Gasteiger partial charge on any atom is 0.260 e. The number of carbonyl (C=O) groups is 1. The van der Waals surface area contributed by atoms with Crippen LogP contribution in [0.15, 0.2) is 36.7 Å². The molecule has 0 unspecified atom stereocenters. The predicted molar refractivity (Wildman–Crippen MR) is 117 cm³/mol. The van der Waals surface area contributed by atoms with E-state index in [4.69, 9.17) is 4.74 Å². The van der Waals surface area contributed by atoms with Crippen molar-refractivity contribution in [2.45, 2.75) is 26.7 Å². The maximum atomic E-state index is 12.6. The largest absolute Gasteiger partial charge is 0.484 e. The second-order valence-electron chi connectivity index (χ2n) is 7.14. The lowest BCUT2D eigenvalue weighted by Gasteiger charge is -2.35. The number of piperazine rings is 1. The van der Waals surface area contributed by atoms with Crippen LogP contribution in [-0.2, 0) is 17.6 Å². The molecule has 7 heteroatoms. The highest BCUT2D eigenvalue weighted by molar-refractivity contribution is 7.18. The van der Waals surface area contributed by atoms with Gasteiger partial charge in [0.1, 0.15) is 22.7 Å². The van der Waals surface area contributed by atoms with Crippen LogP contribution < -0.4 is 9.64 Å². The summed E-state index contributed by atoms with van der Waals surface area (Å²) in [6.07, 6.45) is 3.60. The van der Waals surface area contributed by atoms with Crippen LogP contribution in [0, 0.1) is 0 Å². The standard InChI is InChI=1S/C22H26N4O2S/c1-3-16-6-5-7-17(12-16)28-14-20(27)25-8-10-26(11-9-25)21-19-13-18(4-2)29-22(19)24-15-23-21/h5-7,12-13,15H,3-4,8-11,14H2,1-2H3. The van der Waals surface area contributed by atoms with Crippen molar-refractivity contribution in [3.63, 3.8) is 0 Å². The molecule has 0 N–H and O–H groups in total. The van der Waals surface area contributed by atoms with Gasteiger partial charge in [-0.05, 0) is 36.6 Å². The van der Waals surface area contributed by atoms with Crippen molar-refractivity contribution < 1.29 is 9.53 Å². The molecule has 2 aromatic heterocycles. The van der Waals surface area contributed by atoms with Gasteiger partial charge in [-0.25, -0.2) is 9.97 Å². The second kappa shape index (κ2) is 8.78. The van der Waals surface area contributed by atoms with Crippen molar-refractivity contribution in [1.29, 1.82) is 0 Å². The Labute approximate surface area is 175 Å². The van der Waals surface area contributed by atoms with E-state index in [9.17, 15) is 4.79 Å². The van der Waals surface area contributed by atoms with Crippen LogP contribution in [0.2, 0.25) is 0 Å². The number of benzene rings is 1. The Morgan fingerprint density at radius 2 is 1.93 bits per heavy atom. The first-order chi connectivity index (χ1) is 14.2. The maximum absolute atomic E-state index is 12.6. The third-order valence-corrected chi connectivity index (χ3v) is 6.50. The zero-order valence-electron chi connectivity index (χ0n) is 16.9. The fraction of sp³-hybridized carbons (Fsp3) is 0.409. The molecule has 0 spiro atoms. The van der Waals surface area contributed by atoms with Gasteiger partial charge in [0, 0.05) is 31.1 Å². The molecule has 4 rings (SSSR count). The Hall–Kier alpha value is -2.67. The van der Waals surface area contributed by atoms with Crippen molar-refractivity contribution >= 4 is 33.3 Å². The summed E-state index contributed by atoms with van der Waals surface area (Å²) in [5.41, 5.74) is 1.21. The van der Waals surface area contributed by atoms with Gasteiger partial charge in [-0.15, -0.1) is 11.3 Å². The summed E-state index contributed by atoms with van der Waals surface area (Å²) in [5.74, 6) is 1.76. The third-order valence-electron chi connectivity index (χ3n) is 5.31. The van der Waals surface area contributed by atoms with Gasteiger partial charge in [0.25, 0.3) is 5.91 Å². The first kappa shape index (κ1) is 19.6. The SMILES string of the molecule is CCc1cccc(OCC(=O)N2CCN(c3ncnc4sc(CC)cc34)CC2)c1. The molecule has 0 saturated carbocycles. The molecule has 1 fully saturated rings. The molecule has 0 aliphatic carbocycles. The van der Waals surface area contributed by atoms with Gasteiger partial charge in [-0.3, -0.25) is 4.79 Å². The number of aromatic nitrogens is 2. The van der Waals surface area contributed by atoms with Crippen molar-refractivity contribution in [3.8, 4) is 5.75 Å². The number of hydrogen-bond acceptors (Lipinski definition) is 6. The molecule has 6 nitrogen and oxygen atoms in total. The average Bonchev–Trinajstić information content (AvgIpc) is 3.21. The number of hydrogen-bond donors (Lipinski definition) is 0. The Morgan fingerprint density at radius 3 is 2.69 bits per heavy atom. The van der Waals surface area contributed by atoms with E-state index in [2.05, 4.69) is 40.8 Å². The second-order valence-corrected chi connectivity index (χ2v) is 8.26. The summed E-state index contributed by atoms with van der Waals surface area (Å²) in [4.78, 5) is 28.0. The Kier molecular flexibility index (Phi) is 5.94. The molecule has 1 aliphatic rings. The van der Waals surface area contributed by atoms with Crippen LogP contribution in [0.25, 0.3) is 10.2 Å². The molecule has 0 radical (unpaired) electrons. The number of fused-ring (bicyclic) bond motifs is 1. The van der Waals surface area contributed by atoms with Gasteiger partial charge < -0.3 is 14.5 Å². The highest BCUT2D eigenvalue weighted by atomic mass is 32.1. The Morgan fingerprint density at radius 1 is 1.10 bits per heavy atom. The molecular weight excluding hydrogens is 384 g/mol. The smallest absolute Gasteiger partial charge is 0.260 e. The van der Waals surface area contributed by atoms with E-state index in [0.29, 0.717) is 13.1 Å². The fourth-order valence-corrected chi connectivity index (χ4v) is 4.51. The minimum atomic E-state index is 0.0307. The molecule has 1 saturated heterocycles. The van der Waals surface area contributed by atoms with E-state index in [1.54, 1.807) is 17.7 Å². The molecule has 3 heterocycles. The summed E-state index contributed by atoms with van der Waals surface area (Å²) >= 11 is 1.73. The summed E-state index contributed by atoms with van der Waals surface area (Å²) in [7, 11) is 0. The van der Waals surface area contributed by atoms with Crippen LogP contribution in [0.4, 0.5) is 5.82 Å². The van der Waals surface area contributed by atoms with Gasteiger partial charge in [0.2, 0.25) is 0 Å². The van der Waals surface area contributed by atoms with E-state index in [0.717, 1.165) is 47.7 Å². The van der Waals surface area contributed by atoms with Crippen LogP contribution in [0.1, 0.15) is 24.3 Å². The van der Waals surface area contributed by atoms with E-state index in [1.165, 1.54) is 10.4 Å². The van der Waals surface area contributed by atoms with E-state index < -0.39 is 0 Å². The minimum absolute atomic E-state index is 0.0307. The quantitative estimate of drug-likeness (QED) is 0.622. The lowest BCUT2D eigenvalue weighted by atomic mass is 10.2. The molecule has 1 aliphatic heterocycles. The van der Waals surface area contributed by atoms with Gasteiger partial charge in [0.05, 0.1) is 5.39 Å². The van der Waals surface area contributed by atoms with Crippen molar-refractivity contribution in [1.82, 2.24) is 14.9 Å². The minimum Gasteiger partial charge on any atom is -0.484 e. The Bertz CT molecular complexity index is 995. The van der Waals surface area contributed by atoms with E-state index in [1.807, 2.05) is 23.1 Å².